The molecule has 4 heteroatoms. The SMILES string of the molecule is Cc1cc(-c2cnc(C(C)(N)C3CC3)[nH]2)c(C)o1. The fourth-order valence-corrected chi connectivity index (χ4v) is 2.51. The molecule has 0 aliphatic heterocycles. The van der Waals surface area contributed by atoms with Crippen molar-refractivity contribution in [2.75, 3.05) is 0 Å². The Morgan fingerprint density at radius 2 is 2.17 bits per heavy atom. The molecule has 2 aromatic heterocycles. The highest BCUT2D eigenvalue weighted by molar-refractivity contribution is 5.61. The van der Waals surface area contributed by atoms with Gasteiger partial charge in [0, 0.05) is 5.56 Å². The molecule has 18 heavy (non-hydrogen) atoms. The van der Waals surface area contributed by atoms with Crippen LogP contribution in [0, 0.1) is 19.8 Å². The van der Waals surface area contributed by atoms with E-state index in [1.54, 1.807) is 0 Å². The molecule has 3 rings (SSSR count). The topological polar surface area (TPSA) is 67.8 Å². The van der Waals surface area contributed by atoms with Crippen LogP contribution >= 0.6 is 0 Å². The maximum atomic E-state index is 6.36. The second kappa shape index (κ2) is 3.72. The van der Waals surface area contributed by atoms with Crippen molar-refractivity contribution in [3.05, 3.63) is 29.6 Å². The fraction of sp³-hybridized carbons (Fsp3) is 0.500. The maximum absolute atomic E-state index is 6.36. The molecule has 0 saturated heterocycles. The second-order valence-electron chi connectivity index (χ2n) is 5.53. The molecule has 1 saturated carbocycles. The Kier molecular flexibility index (Phi) is 2.38. The number of hydrogen-bond donors (Lipinski definition) is 2. The van der Waals surface area contributed by atoms with Crippen molar-refractivity contribution < 1.29 is 4.42 Å². The Morgan fingerprint density at radius 1 is 1.44 bits per heavy atom. The molecule has 3 N–H and O–H groups in total. The largest absolute Gasteiger partial charge is 0.466 e. The van der Waals surface area contributed by atoms with Gasteiger partial charge in [-0.1, -0.05) is 0 Å². The molecule has 0 radical (unpaired) electrons. The van der Waals surface area contributed by atoms with Gasteiger partial charge in [0.05, 0.1) is 17.4 Å². The third-order valence-corrected chi connectivity index (χ3v) is 3.84. The van der Waals surface area contributed by atoms with Gasteiger partial charge in [0.1, 0.15) is 17.3 Å². The van der Waals surface area contributed by atoms with Crippen molar-refractivity contribution in [3.63, 3.8) is 0 Å². The van der Waals surface area contributed by atoms with Crippen LogP contribution in [0.5, 0.6) is 0 Å². The summed E-state index contributed by atoms with van der Waals surface area (Å²) in [4.78, 5) is 7.80. The lowest BCUT2D eigenvalue weighted by Gasteiger charge is -2.21. The number of hydrogen-bond acceptors (Lipinski definition) is 3. The number of nitrogens with two attached hydrogens (primary N) is 1. The molecule has 2 heterocycles. The van der Waals surface area contributed by atoms with Crippen LogP contribution in [-0.2, 0) is 5.54 Å². The van der Waals surface area contributed by atoms with Crippen LogP contribution < -0.4 is 5.73 Å². The molecular formula is C14H19N3O. The minimum atomic E-state index is -0.342. The molecule has 1 aliphatic rings. The first-order chi connectivity index (χ1) is 8.48. The fourth-order valence-electron chi connectivity index (χ4n) is 2.51. The lowest BCUT2D eigenvalue weighted by atomic mass is 9.97. The van der Waals surface area contributed by atoms with Gasteiger partial charge in [0.2, 0.25) is 0 Å². The van der Waals surface area contributed by atoms with E-state index >= 15 is 0 Å². The Labute approximate surface area is 107 Å². The smallest absolute Gasteiger partial charge is 0.126 e. The first kappa shape index (κ1) is 11.5. The van der Waals surface area contributed by atoms with Crippen LogP contribution in [0.15, 0.2) is 16.7 Å². The van der Waals surface area contributed by atoms with Crippen LogP contribution in [0.4, 0.5) is 0 Å². The number of aryl methyl sites for hydroxylation is 2. The summed E-state index contributed by atoms with van der Waals surface area (Å²) >= 11 is 0. The molecule has 4 nitrogen and oxygen atoms in total. The van der Waals surface area contributed by atoms with E-state index in [0.29, 0.717) is 5.92 Å². The molecular weight excluding hydrogens is 226 g/mol. The summed E-state index contributed by atoms with van der Waals surface area (Å²) < 4.78 is 5.54. The molecule has 0 amide bonds. The molecule has 1 unspecified atom stereocenters. The van der Waals surface area contributed by atoms with Gasteiger partial charge in [-0.25, -0.2) is 4.98 Å². The monoisotopic (exact) mass is 245 g/mol. The molecule has 0 spiro atoms. The number of H-pyrrole nitrogens is 1. The Morgan fingerprint density at radius 3 is 2.72 bits per heavy atom. The predicted octanol–water partition coefficient (Wildman–Crippen LogP) is 2.87. The highest BCUT2D eigenvalue weighted by Gasteiger charge is 2.41. The van der Waals surface area contributed by atoms with E-state index in [-0.39, 0.29) is 5.54 Å². The van der Waals surface area contributed by atoms with Crippen molar-refractivity contribution in [2.24, 2.45) is 11.7 Å². The number of imidazole rings is 1. The van der Waals surface area contributed by atoms with Crippen LogP contribution in [0.25, 0.3) is 11.3 Å². The van der Waals surface area contributed by atoms with E-state index in [0.717, 1.165) is 28.6 Å². The summed E-state index contributed by atoms with van der Waals surface area (Å²) in [5.74, 6) is 3.26. The van der Waals surface area contributed by atoms with Gasteiger partial charge in [-0.15, -0.1) is 0 Å². The summed E-state index contributed by atoms with van der Waals surface area (Å²) in [6.07, 6.45) is 4.25. The average molecular weight is 245 g/mol. The van der Waals surface area contributed by atoms with Crippen LogP contribution in [-0.4, -0.2) is 9.97 Å². The normalized spacial score (nSPS) is 18.9. The molecule has 1 aliphatic carbocycles. The Bertz CT molecular complexity index is 576. The molecule has 1 fully saturated rings. The van der Waals surface area contributed by atoms with Crippen LogP contribution in [0.2, 0.25) is 0 Å². The zero-order chi connectivity index (χ0) is 12.9. The first-order valence-corrected chi connectivity index (χ1v) is 6.40. The highest BCUT2D eigenvalue weighted by Crippen LogP contribution is 2.43. The van der Waals surface area contributed by atoms with E-state index < -0.39 is 0 Å². The summed E-state index contributed by atoms with van der Waals surface area (Å²) in [7, 11) is 0. The number of nitrogens with one attached hydrogen (secondary N) is 1. The van der Waals surface area contributed by atoms with E-state index in [9.17, 15) is 0 Å². The number of aromatic amines is 1. The van der Waals surface area contributed by atoms with Crippen molar-refractivity contribution in [1.82, 2.24) is 9.97 Å². The number of aromatic nitrogens is 2. The van der Waals surface area contributed by atoms with E-state index in [1.807, 2.05) is 26.1 Å². The number of rotatable bonds is 3. The Hall–Kier alpha value is -1.55. The van der Waals surface area contributed by atoms with Crippen molar-refractivity contribution >= 4 is 0 Å². The van der Waals surface area contributed by atoms with E-state index in [1.165, 1.54) is 12.8 Å². The van der Waals surface area contributed by atoms with Gasteiger partial charge in [-0.2, -0.15) is 0 Å². The second-order valence-corrected chi connectivity index (χ2v) is 5.53. The zero-order valence-corrected chi connectivity index (χ0v) is 11.1. The number of furan rings is 1. The van der Waals surface area contributed by atoms with Gasteiger partial charge < -0.3 is 15.1 Å². The van der Waals surface area contributed by atoms with Gasteiger partial charge in [0.25, 0.3) is 0 Å². The third kappa shape index (κ3) is 1.77. The number of nitrogens with zero attached hydrogens (tertiary/aromatic N) is 1. The van der Waals surface area contributed by atoms with Crippen LogP contribution in [0.3, 0.4) is 0 Å². The lowest BCUT2D eigenvalue weighted by molar-refractivity contribution is 0.404. The van der Waals surface area contributed by atoms with Crippen molar-refractivity contribution in [1.29, 1.82) is 0 Å². The zero-order valence-electron chi connectivity index (χ0n) is 11.1. The molecule has 0 bridgehead atoms. The average Bonchev–Trinajstić information content (AvgIpc) is 2.95. The van der Waals surface area contributed by atoms with Gasteiger partial charge >= 0.3 is 0 Å². The minimum Gasteiger partial charge on any atom is -0.466 e. The van der Waals surface area contributed by atoms with Crippen LogP contribution in [0.1, 0.15) is 37.1 Å². The van der Waals surface area contributed by atoms with Gasteiger partial charge in [-0.3, -0.25) is 0 Å². The van der Waals surface area contributed by atoms with Crippen molar-refractivity contribution in [3.8, 4) is 11.3 Å². The molecule has 2 aromatic rings. The molecule has 1 atom stereocenters. The summed E-state index contributed by atoms with van der Waals surface area (Å²) in [5, 5.41) is 0. The predicted molar refractivity (Wildman–Crippen MR) is 70.0 cm³/mol. The molecule has 0 aromatic carbocycles. The quantitative estimate of drug-likeness (QED) is 0.873. The minimum absolute atomic E-state index is 0.342. The van der Waals surface area contributed by atoms with Gasteiger partial charge in [-0.05, 0) is 45.6 Å². The third-order valence-electron chi connectivity index (χ3n) is 3.84. The Balaban J connectivity index is 1.96. The van der Waals surface area contributed by atoms with Crippen molar-refractivity contribution in [2.45, 2.75) is 39.2 Å². The van der Waals surface area contributed by atoms with Gasteiger partial charge in [0.15, 0.2) is 0 Å². The highest BCUT2D eigenvalue weighted by atomic mass is 16.3. The maximum Gasteiger partial charge on any atom is 0.126 e. The summed E-state index contributed by atoms with van der Waals surface area (Å²) in [6.45, 7) is 5.97. The first-order valence-electron chi connectivity index (χ1n) is 6.40. The standard InChI is InChI=1S/C14H19N3O/c1-8-6-11(9(2)18-8)12-7-16-13(17-12)14(3,15)10-4-5-10/h6-7,10H,4-5,15H2,1-3H3,(H,16,17). The lowest BCUT2D eigenvalue weighted by Crippen LogP contribution is -2.36. The summed E-state index contributed by atoms with van der Waals surface area (Å²) in [6, 6.07) is 2.03. The van der Waals surface area contributed by atoms with E-state index in [4.69, 9.17) is 10.2 Å². The molecule has 96 valence electrons. The van der Waals surface area contributed by atoms with E-state index in [2.05, 4.69) is 16.9 Å². The summed E-state index contributed by atoms with van der Waals surface area (Å²) in [5.41, 5.74) is 8.07.